The molecule has 0 unspecified atom stereocenters. The van der Waals surface area contributed by atoms with E-state index in [1.54, 1.807) is 10.6 Å². The van der Waals surface area contributed by atoms with Crippen molar-refractivity contribution in [1.29, 1.82) is 0 Å². The Balaban J connectivity index is 2.19. The predicted molar refractivity (Wildman–Crippen MR) is 106 cm³/mol. The van der Waals surface area contributed by atoms with E-state index in [1.165, 1.54) is 12.1 Å². The number of likely N-dealkylation sites (N-methyl/N-ethyl adjacent to an activating group) is 1. The van der Waals surface area contributed by atoms with Crippen LogP contribution in [-0.4, -0.2) is 39.0 Å². The van der Waals surface area contributed by atoms with Gasteiger partial charge in [-0.15, -0.1) is 0 Å². The summed E-state index contributed by atoms with van der Waals surface area (Å²) >= 11 is 0. The van der Waals surface area contributed by atoms with Gasteiger partial charge in [0, 0.05) is 36.2 Å². The second kappa shape index (κ2) is 8.09. The first-order valence-corrected chi connectivity index (χ1v) is 9.02. The molecule has 0 atom stereocenters. The molecule has 1 heterocycles. The molecule has 2 aromatic carbocycles. The van der Waals surface area contributed by atoms with E-state index >= 15 is 0 Å². The van der Waals surface area contributed by atoms with E-state index in [9.17, 15) is 14.9 Å². The molecule has 7 heteroatoms. The van der Waals surface area contributed by atoms with Gasteiger partial charge in [-0.25, -0.2) is 4.79 Å². The molecule has 0 bridgehead atoms. The predicted octanol–water partition coefficient (Wildman–Crippen LogP) is 3.31. The van der Waals surface area contributed by atoms with Gasteiger partial charge in [0.1, 0.15) is 0 Å². The van der Waals surface area contributed by atoms with Crippen LogP contribution in [-0.2, 0) is 6.54 Å². The Morgan fingerprint density at radius 1 is 1.11 bits per heavy atom. The number of nitro benzene ring substituents is 1. The normalized spacial score (nSPS) is 11.2. The number of benzene rings is 2. The van der Waals surface area contributed by atoms with Gasteiger partial charge in [-0.1, -0.05) is 44.2 Å². The lowest BCUT2D eigenvalue weighted by atomic mass is 10.1. The van der Waals surface area contributed by atoms with Crippen LogP contribution in [0.4, 0.5) is 5.69 Å². The van der Waals surface area contributed by atoms with E-state index in [2.05, 4.69) is 23.7 Å². The molecule has 0 aliphatic carbocycles. The van der Waals surface area contributed by atoms with Crippen LogP contribution in [0.5, 0.6) is 0 Å². The smallest absolute Gasteiger partial charge is 0.302 e. The molecule has 27 heavy (non-hydrogen) atoms. The minimum absolute atomic E-state index is 0.0181. The number of aromatic nitrogens is 2. The molecule has 140 valence electrons. The average molecular weight is 366 g/mol. The Morgan fingerprint density at radius 2 is 1.81 bits per heavy atom. The summed E-state index contributed by atoms with van der Waals surface area (Å²) in [5, 5.41) is 11.9. The van der Waals surface area contributed by atoms with E-state index in [4.69, 9.17) is 0 Å². The van der Waals surface area contributed by atoms with Crippen molar-refractivity contribution in [2.45, 2.75) is 20.4 Å². The van der Waals surface area contributed by atoms with Crippen LogP contribution in [0.3, 0.4) is 0 Å². The van der Waals surface area contributed by atoms with E-state index in [0.717, 1.165) is 18.7 Å². The van der Waals surface area contributed by atoms with Gasteiger partial charge in [-0.3, -0.25) is 14.7 Å². The second-order valence-electron chi connectivity index (χ2n) is 6.25. The number of nitro groups is 1. The Hall–Kier alpha value is -3.06. The summed E-state index contributed by atoms with van der Waals surface area (Å²) in [5.74, 6) is 0. The minimum atomic E-state index is -0.431. The summed E-state index contributed by atoms with van der Waals surface area (Å²) in [6, 6.07) is 13.9. The van der Waals surface area contributed by atoms with Crippen molar-refractivity contribution in [1.82, 2.24) is 14.5 Å². The van der Waals surface area contributed by atoms with Crippen LogP contribution in [0.1, 0.15) is 13.8 Å². The van der Waals surface area contributed by atoms with Crippen molar-refractivity contribution < 1.29 is 4.92 Å². The molecule has 3 rings (SSSR count). The van der Waals surface area contributed by atoms with Crippen molar-refractivity contribution in [2.24, 2.45) is 0 Å². The third kappa shape index (κ3) is 3.88. The van der Waals surface area contributed by atoms with Crippen molar-refractivity contribution in [3.05, 3.63) is 69.1 Å². The highest BCUT2D eigenvalue weighted by Crippen LogP contribution is 2.28. The topological polar surface area (TPSA) is 81.3 Å². The molecule has 0 aliphatic heterocycles. The summed E-state index contributed by atoms with van der Waals surface area (Å²) < 4.78 is 1.60. The molecule has 0 saturated carbocycles. The lowest BCUT2D eigenvalue weighted by Crippen LogP contribution is -2.32. The SMILES string of the molecule is CCN(CC)CCn1c(=O)nc(-c2ccccc2)c2cc([N+](=O)[O-])ccc21. The van der Waals surface area contributed by atoms with Crippen molar-refractivity contribution in [3.8, 4) is 11.3 Å². The minimum Gasteiger partial charge on any atom is -0.302 e. The van der Waals surface area contributed by atoms with Crippen LogP contribution in [0.15, 0.2) is 53.3 Å². The fraction of sp³-hybridized carbons (Fsp3) is 0.300. The van der Waals surface area contributed by atoms with Gasteiger partial charge >= 0.3 is 5.69 Å². The Labute approximate surface area is 157 Å². The zero-order valence-electron chi connectivity index (χ0n) is 15.5. The molecule has 0 N–H and O–H groups in total. The average Bonchev–Trinajstić information content (AvgIpc) is 2.69. The molecule has 0 aliphatic rings. The highest BCUT2D eigenvalue weighted by atomic mass is 16.6. The van der Waals surface area contributed by atoms with Crippen LogP contribution >= 0.6 is 0 Å². The van der Waals surface area contributed by atoms with E-state index in [-0.39, 0.29) is 11.4 Å². The first kappa shape index (κ1) is 18.7. The molecule has 7 nitrogen and oxygen atoms in total. The van der Waals surface area contributed by atoms with Gasteiger partial charge in [0.15, 0.2) is 0 Å². The summed E-state index contributed by atoms with van der Waals surface area (Å²) in [6.07, 6.45) is 0. The van der Waals surface area contributed by atoms with Crippen molar-refractivity contribution >= 4 is 16.6 Å². The summed E-state index contributed by atoms with van der Waals surface area (Å²) in [6.45, 7) is 7.13. The van der Waals surface area contributed by atoms with E-state index < -0.39 is 4.92 Å². The van der Waals surface area contributed by atoms with Gasteiger partial charge < -0.3 is 4.90 Å². The first-order chi connectivity index (χ1) is 13.0. The maximum atomic E-state index is 12.7. The van der Waals surface area contributed by atoms with E-state index in [0.29, 0.717) is 29.7 Å². The van der Waals surface area contributed by atoms with Gasteiger partial charge in [0.25, 0.3) is 5.69 Å². The molecule has 0 spiro atoms. The Morgan fingerprint density at radius 3 is 2.44 bits per heavy atom. The monoisotopic (exact) mass is 366 g/mol. The van der Waals surface area contributed by atoms with Crippen molar-refractivity contribution in [2.75, 3.05) is 19.6 Å². The molecule has 0 fully saturated rings. The van der Waals surface area contributed by atoms with Gasteiger partial charge in [-0.05, 0) is 19.2 Å². The lowest BCUT2D eigenvalue weighted by Gasteiger charge is -2.19. The number of hydrogen-bond donors (Lipinski definition) is 0. The van der Waals surface area contributed by atoms with Crippen LogP contribution in [0, 0.1) is 10.1 Å². The fourth-order valence-corrected chi connectivity index (χ4v) is 3.20. The second-order valence-corrected chi connectivity index (χ2v) is 6.25. The maximum absolute atomic E-state index is 12.7. The van der Waals surface area contributed by atoms with Gasteiger partial charge in [-0.2, -0.15) is 4.98 Å². The third-order valence-electron chi connectivity index (χ3n) is 4.76. The van der Waals surface area contributed by atoms with Crippen LogP contribution in [0.25, 0.3) is 22.2 Å². The number of fused-ring (bicyclic) bond motifs is 1. The molecule has 3 aromatic rings. The van der Waals surface area contributed by atoms with Gasteiger partial charge in [0.2, 0.25) is 0 Å². The summed E-state index contributed by atoms with van der Waals surface area (Å²) in [4.78, 5) is 30.0. The molecule has 1 aromatic heterocycles. The molecule has 0 radical (unpaired) electrons. The highest BCUT2D eigenvalue weighted by Gasteiger charge is 2.16. The first-order valence-electron chi connectivity index (χ1n) is 9.02. The van der Waals surface area contributed by atoms with E-state index in [1.807, 2.05) is 30.3 Å². The van der Waals surface area contributed by atoms with Gasteiger partial charge in [0.05, 0.1) is 16.1 Å². The zero-order chi connectivity index (χ0) is 19.4. The standard InChI is InChI=1S/C20H22N4O3/c1-3-22(4-2)12-13-23-18-11-10-16(24(26)27)14-17(18)19(21-20(23)25)15-8-6-5-7-9-15/h5-11,14H,3-4,12-13H2,1-2H3. The number of non-ortho nitro benzene ring substituents is 1. The molecule has 0 amide bonds. The van der Waals surface area contributed by atoms with Crippen LogP contribution < -0.4 is 5.69 Å². The fourth-order valence-electron chi connectivity index (χ4n) is 3.20. The third-order valence-corrected chi connectivity index (χ3v) is 4.76. The largest absolute Gasteiger partial charge is 0.348 e. The summed E-state index contributed by atoms with van der Waals surface area (Å²) in [7, 11) is 0. The number of nitrogens with zero attached hydrogens (tertiary/aromatic N) is 4. The lowest BCUT2D eigenvalue weighted by molar-refractivity contribution is -0.384. The highest BCUT2D eigenvalue weighted by molar-refractivity contribution is 5.93. The molecule has 0 saturated heterocycles. The maximum Gasteiger partial charge on any atom is 0.348 e. The Kier molecular flexibility index (Phi) is 5.61. The summed E-state index contributed by atoms with van der Waals surface area (Å²) in [5.41, 5.74) is 1.53. The van der Waals surface area contributed by atoms with Crippen molar-refractivity contribution in [3.63, 3.8) is 0 Å². The van der Waals surface area contributed by atoms with Crippen LogP contribution in [0.2, 0.25) is 0 Å². The number of hydrogen-bond acceptors (Lipinski definition) is 5. The Bertz CT molecular complexity index is 1010. The quantitative estimate of drug-likeness (QED) is 0.473. The molecular weight excluding hydrogens is 344 g/mol. The zero-order valence-corrected chi connectivity index (χ0v) is 15.5. The molecular formula is C20H22N4O3. The number of rotatable bonds is 7.